The third-order valence-electron chi connectivity index (χ3n) is 3.91. The van der Waals surface area contributed by atoms with E-state index in [1.165, 1.54) is 4.31 Å². The van der Waals surface area contributed by atoms with Crippen molar-refractivity contribution < 1.29 is 13.2 Å². The van der Waals surface area contributed by atoms with Gasteiger partial charge < -0.3 is 5.32 Å². The maximum atomic E-state index is 12.4. The third-order valence-corrected chi connectivity index (χ3v) is 5.36. The van der Waals surface area contributed by atoms with Crippen LogP contribution < -0.4 is 9.62 Å². The molecule has 0 saturated carbocycles. The first-order valence-electron chi connectivity index (χ1n) is 8.30. The van der Waals surface area contributed by atoms with Crippen LogP contribution in [-0.2, 0) is 14.8 Å². The van der Waals surface area contributed by atoms with Gasteiger partial charge in [-0.25, -0.2) is 8.42 Å². The van der Waals surface area contributed by atoms with E-state index < -0.39 is 10.0 Å². The van der Waals surface area contributed by atoms with Gasteiger partial charge in [-0.2, -0.15) is 0 Å². The number of carbonyl (C=O) groups excluding carboxylic acids is 1. The van der Waals surface area contributed by atoms with Gasteiger partial charge >= 0.3 is 0 Å². The van der Waals surface area contributed by atoms with Gasteiger partial charge in [0.15, 0.2) is 0 Å². The number of hydrogen-bond donors (Lipinski definition) is 1. The molecule has 2 rings (SSSR count). The number of rotatable bonds is 7. The molecular weight excluding hydrogens is 372 g/mol. The number of nitrogens with zero attached hydrogens (tertiary/aromatic N) is 1. The molecule has 0 aliphatic heterocycles. The lowest BCUT2D eigenvalue weighted by Crippen LogP contribution is -2.33. The summed E-state index contributed by atoms with van der Waals surface area (Å²) < 4.78 is 25.4. The second kappa shape index (κ2) is 8.56. The molecule has 2 aromatic carbocycles. The third kappa shape index (κ3) is 5.47. The smallest absolute Gasteiger partial charge is 0.232 e. The molecule has 0 bridgehead atoms. The number of nitrogens with one attached hydrogen (secondary N) is 1. The normalized spacial score (nSPS) is 11.4. The number of anilines is 2. The Morgan fingerprint density at radius 2 is 1.73 bits per heavy atom. The van der Waals surface area contributed by atoms with Gasteiger partial charge in [0.05, 0.1) is 11.9 Å². The van der Waals surface area contributed by atoms with Crippen LogP contribution in [0.25, 0.3) is 0 Å². The predicted molar refractivity (Wildman–Crippen MR) is 107 cm³/mol. The van der Waals surface area contributed by atoms with E-state index in [0.717, 1.165) is 17.5 Å². The largest absolute Gasteiger partial charge is 0.326 e. The second-order valence-electron chi connectivity index (χ2n) is 6.35. The van der Waals surface area contributed by atoms with Crippen molar-refractivity contribution in [3.05, 3.63) is 59.1 Å². The molecule has 0 heterocycles. The zero-order chi connectivity index (χ0) is 19.3. The number of amides is 1. The van der Waals surface area contributed by atoms with E-state index in [2.05, 4.69) is 19.2 Å². The predicted octanol–water partition coefficient (Wildman–Crippen LogP) is 4.26. The Morgan fingerprint density at radius 3 is 2.31 bits per heavy atom. The van der Waals surface area contributed by atoms with Crippen molar-refractivity contribution in [2.45, 2.75) is 26.2 Å². The highest BCUT2D eigenvalue weighted by Gasteiger charge is 2.19. The Kier molecular flexibility index (Phi) is 6.67. The summed E-state index contributed by atoms with van der Waals surface area (Å²) in [7, 11) is -3.51. The minimum absolute atomic E-state index is 0.0438. The second-order valence-corrected chi connectivity index (χ2v) is 8.69. The van der Waals surface area contributed by atoms with Crippen molar-refractivity contribution in [3.63, 3.8) is 0 Å². The fourth-order valence-electron chi connectivity index (χ4n) is 2.62. The lowest BCUT2D eigenvalue weighted by Gasteiger charge is -2.22. The molecule has 0 fully saturated rings. The monoisotopic (exact) mass is 394 g/mol. The van der Waals surface area contributed by atoms with Gasteiger partial charge in [0.1, 0.15) is 0 Å². The molecule has 0 saturated heterocycles. The number of hydrogen-bond acceptors (Lipinski definition) is 3. The van der Waals surface area contributed by atoms with Crippen LogP contribution in [0.15, 0.2) is 48.5 Å². The van der Waals surface area contributed by atoms with Gasteiger partial charge in [0, 0.05) is 23.7 Å². The fraction of sp³-hybridized carbons (Fsp3) is 0.316. The van der Waals surface area contributed by atoms with E-state index in [-0.39, 0.29) is 24.8 Å². The molecule has 0 aliphatic rings. The van der Waals surface area contributed by atoms with E-state index in [0.29, 0.717) is 10.7 Å². The van der Waals surface area contributed by atoms with Crippen LogP contribution in [0.3, 0.4) is 0 Å². The summed E-state index contributed by atoms with van der Waals surface area (Å²) >= 11 is 5.86. The van der Waals surface area contributed by atoms with Crippen LogP contribution in [-0.4, -0.2) is 27.1 Å². The quantitative estimate of drug-likeness (QED) is 0.763. The molecule has 0 radical (unpaired) electrons. The number of sulfonamides is 1. The number of halogens is 1. The molecule has 5 nitrogen and oxygen atoms in total. The van der Waals surface area contributed by atoms with Crippen molar-refractivity contribution in [2.24, 2.45) is 0 Å². The molecule has 7 heteroatoms. The van der Waals surface area contributed by atoms with Crippen LogP contribution in [0.4, 0.5) is 11.4 Å². The van der Waals surface area contributed by atoms with Crippen molar-refractivity contribution in [2.75, 3.05) is 22.4 Å². The molecule has 140 valence electrons. The highest BCUT2D eigenvalue weighted by Crippen LogP contribution is 2.24. The van der Waals surface area contributed by atoms with Crippen molar-refractivity contribution in [1.29, 1.82) is 0 Å². The van der Waals surface area contributed by atoms with E-state index in [4.69, 9.17) is 11.6 Å². The van der Waals surface area contributed by atoms with Crippen molar-refractivity contribution in [1.82, 2.24) is 0 Å². The number of benzene rings is 2. The summed E-state index contributed by atoms with van der Waals surface area (Å²) in [5.74, 6) is 0.0359. The SMILES string of the molecule is CC(C)c1ccccc1NC(=O)CCN(c1ccc(Cl)cc1)S(C)(=O)=O. The lowest BCUT2D eigenvalue weighted by molar-refractivity contribution is -0.116. The maximum absolute atomic E-state index is 12.4. The van der Waals surface area contributed by atoms with Crippen molar-refractivity contribution >= 4 is 38.9 Å². The Balaban J connectivity index is 2.09. The topological polar surface area (TPSA) is 66.5 Å². The van der Waals surface area contributed by atoms with Gasteiger partial charge in [0.25, 0.3) is 0 Å². The molecule has 1 N–H and O–H groups in total. The molecule has 0 spiro atoms. The molecule has 0 aromatic heterocycles. The van der Waals surface area contributed by atoms with Crippen LogP contribution in [0.1, 0.15) is 31.7 Å². The molecule has 0 aliphatic carbocycles. The van der Waals surface area contributed by atoms with Gasteiger partial charge in [-0.05, 0) is 41.8 Å². The summed E-state index contributed by atoms with van der Waals surface area (Å²) in [4.78, 5) is 12.4. The van der Waals surface area contributed by atoms with E-state index in [1.54, 1.807) is 24.3 Å². The first kappa shape index (κ1) is 20.3. The lowest BCUT2D eigenvalue weighted by atomic mass is 10.0. The van der Waals surface area contributed by atoms with Gasteiger partial charge in [-0.3, -0.25) is 9.10 Å². The highest BCUT2D eigenvalue weighted by atomic mass is 35.5. The minimum Gasteiger partial charge on any atom is -0.326 e. The Labute approximate surface area is 160 Å². The van der Waals surface area contributed by atoms with Gasteiger partial charge in [-0.15, -0.1) is 0 Å². The zero-order valence-electron chi connectivity index (χ0n) is 15.1. The Bertz CT molecular complexity index is 865. The average molecular weight is 395 g/mol. The minimum atomic E-state index is -3.51. The molecule has 2 aromatic rings. The van der Waals surface area contributed by atoms with Crippen LogP contribution >= 0.6 is 11.6 Å². The molecule has 1 amide bonds. The van der Waals surface area contributed by atoms with Crippen LogP contribution in [0.5, 0.6) is 0 Å². The summed E-state index contributed by atoms with van der Waals surface area (Å²) in [5.41, 5.74) is 2.27. The molecular formula is C19H23ClN2O3S. The Morgan fingerprint density at radius 1 is 1.12 bits per heavy atom. The Hall–Kier alpha value is -2.05. The molecule has 0 unspecified atom stereocenters. The van der Waals surface area contributed by atoms with E-state index >= 15 is 0 Å². The fourth-order valence-corrected chi connectivity index (χ4v) is 3.68. The van der Waals surface area contributed by atoms with E-state index in [1.807, 2.05) is 24.3 Å². The van der Waals surface area contributed by atoms with E-state index in [9.17, 15) is 13.2 Å². The zero-order valence-corrected chi connectivity index (χ0v) is 16.6. The number of carbonyl (C=O) groups is 1. The summed E-state index contributed by atoms with van der Waals surface area (Å²) in [5, 5.41) is 3.40. The highest BCUT2D eigenvalue weighted by molar-refractivity contribution is 7.92. The maximum Gasteiger partial charge on any atom is 0.232 e. The van der Waals surface area contributed by atoms with Gasteiger partial charge in [-0.1, -0.05) is 43.6 Å². The summed E-state index contributed by atoms with van der Waals surface area (Å²) in [6.45, 7) is 4.16. The van der Waals surface area contributed by atoms with Crippen LogP contribution in [0, 0.1) is 0 Å². The first-order valence-corrected chi connectivity index (χ1v) is 10.5. The molecule has 26 heavy (non-hydrogen) atoms. The average Bonchev–Trinajstić information content (AvgIpc) is 2.55. The number of para-hydroxylation sites is 1. The summed E-state index contributed by atoms with van der Waals surface area (Å²) in [6.07, 6.45) is 1.16. The first-order chi connectivity index (χ1) is 12.2. The van der Waals surface area contributed by atoms with Crippen LogP contribution in [0.2, 0.25) is 5.02 Å². The summed E-state index contributed by atoms with van der Waals surface area (Å²) in [6, 6.07) is 14.1. The van der Waals surface area contributed by atoms with Crippen molar-refractivity contribution in [3.8, 4) is 0 Å². The standard InChI is InChI=1S/C19H23ClN2O3S/c1-14(2)17-6-4-5-7-18(17)21-19(23)12-13-22(26(3,24)25)16-10-8-15(20)9-11-16/h4-11,14H,12-13H2,1-3H3,(H,21,23). The van der Waals surface area contributed by atoms with Gasteiger partial charge in [0.2, 0.25) is 15.9 Å². The molecule has 0 atom stereocenters.